The van der Waals surface area contributed by atoms with E-state index in [1.807, 2.05) is 12.1 Å². The highest BCUT2D eigenvalue weighted by Crippen LogP contribution is 2.25. The Morgan fingerprint density at radius 1 is 1.45 bits per heavy atom. The van der Waals surface area contributed by atoms with Crippen molar-refractivity contribution in [3.05, 3.63) is 52.2 Å². The topological polar surface area (TPSA) is 103 Å². The summed E-state index contributed by atoms with van der Waals surface area (Å²) in [4.78, 5) is 14.3. The molecule has 0 bridgehead atoms. The first-order valence-corrected chi connectivity index (χ1v) is 5.87. The van der Waals surface area contributed by atoms with Crippen LogP contribution in [-0.4, -0.2) is 17.0 Å². The minimum atomic E-state index is -0.511. The third-order valence-corrected chi connectivity index (χ3v) is 2.75. The highest BCUT2D eigenvalue weighted by molar-refractivity contribution is 5.65. The van der Waals surface area contributed by atoms with E-state index in [2.05, 4.69) is 10.3 Å². The number of ether oxygens (including phenoxy) is 1. The second-order valence-electron chi connectivity index (χ2n) is 4.06. The smallest absolute Gasteiger partial charge is 0.292 e. The van der Waals surface area contributed by atoms with Gasteiger partial charge in [-0.15, -0.1) is 0 Å². The maximum Gasteiger partial charge on any atom is 0.292 e. The molecule has 0 unspecified atom stereocenters. The highest BCUT2D eigenvalue weighted by atomic mass is 16.6. The number of pyridine rings is 1. The molecule has 0 saturated heterocycles. The average molecular weight is 274 g/mol. The molecule has 0 spiro atoms. The van der Waals surface area contributed by atoms with Crippen LogP contribution >= 0.6 is 0 Å². The molecule has 0 aliphatic rings. The number of nitro benzene ring substituents is 1. The Hall–Kier alpha value is -2.83. The maximum atomic E-state index is 10.7. The van der Waals surface area contributed by atoms with Gasteiger partial charge in [0, 0.05) is 30.1 Å². The molecular weight excluding hydrogens is 260 g/mol. The first kappa shape index (κ1) is 13.6. The van der Waals surface area contributed by atoms with Gasteiger partial charge in [0.15, 0.2) is 0 Å². The average Bonchev–Trinajstić information content (AvgIpc) is 2.45. The number of nitrogens with two attached hydrogens (primary N) is 1. The molecule has 2 aromatic rings. The van der Waals surface area contributed by atoms with Gasteiger partial charge in [-0.25, -0.2) is 4.98 Å². The van der Waals surface area contributed by atoms with Crippen molar-refractivity contribution in [1.29, 1.82) is 0 Å². The van der Waals surface area contributed by atoms with Crippen LogP contribution in [0.2, 0.25) is 0 Å². The molecule has 1 aromatic heterocycles. The minimum absolute atomic E-state index is 0.102. The van der Waals surface area contributed by atoms with Crippen molar-refractivity contribution in [3.8, 4) is 5.88 Å². The summed E-state index contributed by atoms with van der Waals surface area (Å²) < 4.78 is 5.14. The standard InChI is InChI=1S/C13H14N4O3/c1-20-13-9(3-2-6-15-13)8-16-10-4-5-12(17(18)19)11(14)7-10/h2-7,16H,8,14H2,1H3. The predicted octanol–water partition coefficient (Wildman–Crippen LogP) is 2.19. The largest absolute Gasteiger partial charge is 0.481 e. The van der Waals surface area contributed by atoms with Crippen LogP contribution in [0.3, 0.4) is 0 Å². The number of nitrogens with zero attached hydrogens (tertiary/aromatic N) is 2. The molecule has 7 heteroatoms. The summed E-state index contributed by atoms with van der Waals surface area (Å²) in [5, 5.41) is 13.8. The van der Waals surface area contributed by atoms with Crippen LogP contribution in [0.5, 0.6) is 5.88 Å². The quantitative estimate of drug-likeness (QED) is 0.492. The van der Waals surface area contributed by atoms with Gasteiger partial charge in [-0.2, -0.15) is 0 Å². The molecule has 1 aromatic carbocycles. The van der Waals surface area contributed by atoms with Crippen LogP contribution in [0.4, 0.5) is 17.1 Å². The number of hydrogen-bond donors (Lipinski definition) is 2. The lowest BCUT2D eigenvalue weighted by Crippen LogP contribution is -2.04. The molecule has 0 aliphatic heterocycles. The van der Waals surface area contributed by atoms with E-state index in [4.69, 9.17) is 10.5 Å². The van der Waals surface area contributed by atoms with E-state index in [1.54, 1.807) is 19.4 Å². The number of benzene rings is 1. The van der Waals surface area contributed by atoms with Gasteiger partial charge >= 0.3 is 0 Å². The number of hydrogen-bond acceptors (Lipinski definition) is 6. The molecular formula is C13H14N4O3. The summed E-state index contributed by atoms with van der Waals surface area (Å²) in [5.41, 5.74) is 7.22. The number of nitrogens with one attached hydrogen (secondary N) is 1. The fourth-order valence-corrected chi connectivity index (χ4v) is 1.77. The van der Waals surface area contributed by atoms with Gasteiger partial charge in [-0.1, -0.05) is 6.07 Å². The molecule has 0 radical (unpaired) electrons. The molecule has 7 nitrogen and oxygen atoms in total. The lowest BCUT2D eigenvalue weighted by molar-refractivity contribution is -0.383. The third-order valence-electron chi connectivity index (χ3n) is 2.75. The van der Waals surface area contributed by atoms with Crippen LogP contribution in [-0.2, 0) is 6.54 Å². The van der Waals surface area contributed by atoms with E-state index in [0.717, 1.165) is 5.56 Å². The number of methoxy groups -OCH3 is 1. The molecule has 0 atom stereocenters. The molecule has 2 rings (SSSR count). The van der Waals surface area contributed by atoms with Gasteiger partial charge in [0.2, 0.25) is 5.88 Å². The van der Waals surface area contributed by atoms with Gasteiger partial charge in [0.25, 0.3) is 5.69 Å². The Morgan fingerprint density at radius 3 is 2.90 bits per heavy atom. The van der Waals surface area contributed by atoms with Gasteiger partial charge in [-0.05, 0) is 18.2 Å². The van der Waals surface area contributed by atoms with Crippen molar-refractivity contribution >= 4 is 17.1 Å². The Morgan fingerprint density at radius 2 is 2.25 bits per heavy atom. The van der Waals surface area contributed by atoms with Crippen molar-refractivity contribution in [2.75, 3.05) is 18.2 Å². The molecule has 0 amide bonds. The van der Waals surface area contributed by atoms with Crippen LogP contribution in [0, 0.1) is 10.1 Å². The molecule has 104 valence electrons. The number of rotatable bonds is 5. The zero-order valence-corrected chi connectivity index (χ0v) is 10.9. The van der Waals surface area contributed by atoms with E-state index >= 15 is 0 Å². The minimum Gasteiger partial charge on any atom is -0.481 e. The highest BCUT2D eigenvalue weighted by Gasteiger charge is 2.11. The summed E-state index contributed by atoms with van der Waals surface area (Å²) in [7, 11) is 1.55. The van der Waals surface area contributed by atoms with Gasteiger partial charge < -0.3 is 15.8 Å². The summed E-state index contributed by atoms with van der Waals surface area (Å²) in [6.45, 7) is 0.480. The summed E-state index contributed by atoms with van der Waals surface area (Å²) in [6.07, 6.45) is 1.65. The van der Waals surface area contributed by atoms with Gasteiger partial charge in [-0.3, -0.25) is 10.1 Å². The van der Waals surface area contributed by atoms with E-state index < -0.39 is 4.92 Å². The Balaban J connectivity index is 2.11. The molecule has 0 fully saturated rings. The van der Waals surface area contributed by atoms with Crippen LogP contribution in [0.25, 0.3) is 0 Å². The van der Waals surface area contributed by atoms with Crippen molar-refractivity contribution in [2.45, 2.75) is 6.54 Å². The van der Waals surface area contributed by atoms with Gasteiger partial charge in [0.1, 0.15) is 5.69 Å². The third kappa shape index (κ3) is 2.94. The zero-order valence-electron chi connectivity index (χ0n) is 10.9. The Labute approximate surface area is 115 Å². The SMILES string of the molecule is COc1ncccc1CNc1ccc([N+](=O)[O-])c(N)c1. The molecule has 20 heavy (non-hydrogen) atoms. The second-order valence-corrected chi connectivity index (χ2v) is 4.06. The number of nitro groups is 1. The van der Waals surface area contributed by atoms with Crippen molar-refractivity contribution in [2.24, 2.45) is 0 Å². The van der Waals surface area contributed by atoms with Crippen LogP contribution < -0.4 is 15.8 Å². The normalized spacial score (nSPS) is 10.1. The van der Waals surface area contributed by atoms with E-state index in [0.29, 0.717) is 18.1 Å². The van der Waals surface area contributed by atoms with Crippen molar-refractivity contribution < 1.29 is 9.66 Å². The lowest BCUT2D eigenvalue weighted by atomic mass is 10.2. The first-order chi connectivity index (χ1) is 9.61. The molecule has 0 aliphatic carbocycles. The molecule has 1 heterocycles. The monoisotopic (exact) mass is 274 g/mol. The zero-order chi connectivity index (χ0) is 14.5. The predicted molar refractivity (Wildman–Crippen MR) is 75.6 cm³/mol. The Bertz CT molecular complexity index is 631. The number of anilines is 2. The van der Waals surface area contributed by atoms with Crippen molar-refractivity contribution in [1.82, 2.24) is 4.98 Å². The number of aromatic nitrogens is 1. The van der Waals surface area contributed by atoms with Gasteiger partial charge in [0.05, 0.1) is 12.0 Å². The number of nitrogen functional groups attached to an aromatic ring is 1. The van der Waals surface area contributed by atoms with Crippen LogP contribution in [0.1, 0.15) is 5.56 Å². The van der Waals surface area contributed by atoms with Crippen LogP contribution in [0.15, 0.2) is 36.5 Å². The fourth-order valence-electron chi connectivity index (χ4n) is 1.77. The lowest BCUT2D eigenvalue weighted by Gasteiger charge is -2.10. The maximum absolute atomic E-state index is 10.7. The summed E-state index contributed by atoms with van der Waals surface area (Å²) in [5.74, 6) is 0.537. The molecule has 0 saturated carbocycles. The van der Waals surface area contributed by atoms with E-state index in [1.165, 1.54) is 12.1 Å². The fraction of sp³-hybridized carbons (Fsp3) is 0.154. The first-order valence-electron chi connectivity index (χ1n) is 5.87. The summed E-state index contributed by atoms with van der Waals surface area (Å²) in [6, 6.07) is 8.20. The van der Waals surface area contributed by atoms with E-state index in [9.17, 15) is 10.1 Å². The summed E-state index contributed by atoms with van der Waals surface area (Å²) >= 11 is 0. The van der Waals surface area contributed by atoms with Crippen molar-refractivity contribution in [3.63, 3.8) is 0 Å². The van der Waals surface area contributed by atoms with E-state index in [-0.39, 0.29) is 11.4 Å². The Kier molecular flexibility index (Phi) is 3.99. The molecule has 3 N–H and O–H groups in total. The second kappa shape index (κ2) is 5.87.